The predicted molar refractivity (Wildman–Crippen MR) is 88.6 cm³/mol. The number of anilines is 1. The minimum absolute atomic E-state index is 0.384. The lowest BCUT2D eigenvalue weighted by atomic mass is 10.1. The number of benzene rings is 2. The van der Waals surface area contributed by atoms with E-state index in [1.54, 1.807) is 0 Å². The number of nitrogens with one attached hydrogen (secondary N) is 1. The van der Waals surface area contributed by atoms with Gasteiger partial charge in [0, 0.05) is 11.4 Å². The molecule has 0 radical (unpaired) electrons. The molecule has 1 aliphatic heterocycles. The Morgan fingerprint density at radius 2 is 2.00 bits per heavy atom. The molecule has 0 fully saturated rings. The third-order valence-corrected chi connectivity index (χ3v) is 4.33. The first-order valence-electron chi connectivity index (χ1n) is 6.88. The van der Waals surface area contributed by atoms with Crippen molar-refractivity contribution in [3.05, 3.63) is 65.7 Å². The van der Waals surface area contributed by atoms with Crippen molar-refractivity contribution in [1.82, 2.24) is 0 Å². The molecule has 0 aromatic heterocycles. The van der Waals surface area contributed by atoms with Gasteiger partial charge in [0.15, 0.2) is 5.17 Å². The highest BCUT2D eigenvalue weighted by Gasteiger charge is 2.18. The molecule has 0 aliphatic carbocycles. The standard InChI is InChI=1S/C17H18N2S/c1-13-6-5-9-15(10-13)18-17-19-16(12-20-17)11-14-7-3-2-4-8-14/h2-10,16H,11-12H2,1H3,(H,18,19). The van der Waals surface area contributed by atoms with E-state index in [-0.39, 0.29) is 0 Å². The second kappa shape index (κ2) is 6.14. The maximum Gasteiger partial charge on any atom is 0.161 e. The molecule has 1 unspecified atom stereocenters. The topological polar surface area (TPSA) is 24.4 Å². The van der Waals surface area contributed by atoms with Gasteiger partial charge >= 0.3 is 0 Å². The van der Waals surface area contributed by atoms with E-state index >= 15 is 0 Å². The smallest absolute Gasteiger partial charge is 0.161 e. The molecule has 3 heteroatoms. The monoisotopic (exact) mass is 282 g/mol. The summed E-state index contributed by atoms with van der Waals surface area (Å²) in [6.07, 6.45) is 1.02. The molecule has 1 heterocycles. The molecule has 1 aliphatic rings. The van der Waals surface area contributed by atoms with E-state index in [9.17, 15) is 0 Å². The molecule has 0 saturated carbocycles. The molecule has 2 aromatic carbocycles. The Bertz CT molecular complexity index is 607. The van der Waals surface area contributed by atoms with Crippen molar-refractivity contribution in [2.24, 2.45) is 4.99 Å². The van der Waals surface area contributed by atoms with Gasteiger partial charge in [-0.2, -0.15) is 0 Å². The van der Waals surface area contributed by atoms with Crippen LogP contribution in [0, 0.1) is 6.92 Å². The van der Waals surface area contributed by atoms with Crippen molar-refractivity contribution < 1.29 is 0 Å². The van der Waals surface area contributed by atoms with E-state index in [2.05, 4.69) is 66.8 Å². The molecule has 0 saturated heterocycles. The first-order valence-corrected chi connectivity index (χ1v) is 7.86. The molecule has 20 heavy (non-hydrogen) atoms. The van der Waals surface area contributed by atoms with E-state index in [1.807, 2.05) is 11.8 Å². The third-order valence-electron chi connectivity index (χ3n) is 3.30. The number of hydrogen-bond acceptors (Lipinski definition) is 3. The summed E-state index contributed by atoms with van der Waals surface area (Å²) in [5.41, 5.74) is 3.75. The second-order valence-electron chi connectivity index (χ2n) is 5.08. The first-order chi connectivity index (χ1) is 9.79. The van der Waals surface area contributed by atoms with Crippen molar-refractivity contribution in [2.45, 2.75) is 19.4 Å². The van der Waals surface area contributed by atoms with E-state index in [1.165, 1.54) is 11.1 Å². The number of thioether (sulfide) groups is 1. The van der Waals surface area contributed by atoms with Crippen LogP contribution in [0.2, 0.25) is 0 Å². The predicted octanol–water partition coefficient (Wildman–Crippen LogP) is 4.12. The molecular formula is C17H18N2S. The number of aryl methyl sites for hydroxylation is 1. The van der Waals surface area contributed by atoms with Gasteiger partial charge in [-0.3, -0.25) is 4.99 Å². The Balaban J connectivity index is 1.63. The minimum atomic E-state index is 0.384. The summed E-state index contributed by atoms with van der Waals surface area (Å²) < 4.78 is 0. The third kappa shape index (κ3) is 3.42. The summed E-state index contributed by atoms with van der Waals surface area (Å²) in [6.45, 7) is 2.10. The Labute approximate surface area is 124 Å². The van der Waals surface area contributed by atoms with Crippen LogP contribution in [0.3, 0.4) is 0 Å². The average Bonchev–Trinajstić information content (AvgIpc) is 2.87. The molecule has 0 bridgehead atoms. The van der Waals surface area contributed by atoms with Crippen LogP contribution in [0.4, 0.5) is 5.69 Å². The van der Waals surface area contributed by atoms with Gasteiger partial charge in [0.2, 0.25) is 0 Å². The summed E-state index contributed by atoms with van der Waals surface area (Å²) >= 11 is 1.81. The van der Waals surface area contributed by atoms with Crippen LogP contribution >= 0.6 is 11.8 Å². The van der Waals surface area contributed by atoms with E-state index in [0.717, 1.165) is 23.0 Å². The summed E-state index contributed by atoms with van der Waals surface area (Å²) in [5, 5.41) is 4.45. The summed E-state index contributed by atoms with van der Waals surface area (Å²) in [6, 6.07) is 19.4. The highest BCUT2D eigenvalue weighted by molar-refractivity contribution is 8.14. The lowest BCUT2D eigenvalue weighted by Crippen LogP contribution is -2.08. The summed E-state index contributed by atoms with van der Waals surface area (Å²) in [4.78, 5) is 4.78. The fourth-order valence-corrected chi connectivity index (χ4v) is 3.28. The molecule has 0 spiro atoms. The first kappa shape index (κ1) is 13.3. The molecule has 3 rings (SSSR count). The fourth-order valence-electron chi connectivity index (χ4n) is 2.32. The van der Waals surface area contributed by atoms with E-state index in [4.69, 9.17) is 4.99 Å². The lowest BCUT2D eigenvalue weighted by Gasteiger charge is -2.05. The zero-order chi connectivity index (χ0) is 13.8. The van der Waals surface area contributed by atoms with Crippen molar-refractivity contribution in [3.63, 3.8) is 0 Å². The number of hydrogen-bond donors (Lipinski definition) is 1. The highest BCUT2D eigenvalue weighted by Crippen LogP contribution is 2.23. The van der Waals surface area contributed by atoms with Crippen molar-refractivity contribution >= 4 is 22.6 Å². The Kier molecular flexibility index (Phi) is 4.07. The van der Waals surface area contributed by atoms with Crippen molar-refractivity contribution in [1.29, 1.82) is 0 Å². The largest absolute Gasteiger partial charge is 0.335 e. The van der Waals surface area contributed by atoms with Crippen LogP contribution in [0.15, 0.2) is 59.6 Å². The normalized spacial score (nSPS) is 17.9. The van der Waals surface area contributed by atoms with Gasteiger partial charge in [0.25, 0.3) is 0 Å². The van der Waals surface area contributed by atoms with Gasteiger partial charge in [-0.1, -0.05) is 54.2 Å². The van der Waals surface area contributed by atoms with Gasteiger partial charge < -0.3 is 5.32 Å². The Hall–Kier alpha value is -1.74. The molecule has 2 aromatic rings. The Morgan fingerprint density at radius 1 is 1.15 bits per heavy atom. The minimum Gasteiger partial charge on any atom is -0.335 e. The summed E-state index contributed by atoms with van der Waals surface area (Å²) in [5.74, 6) is 1.06. The van der Waals surface area contributed by atoms with Gasteiger partial charge in [0.1, 0.15) is 0 Å². The lowest BCUT2D eigenvalue weighted by molar-refractivity contribution is 0.762. The van der Waals surface area contributed by atoms with Gasteiger partial charge in [-0.05, 0) is 36.6 Å². The van der Waals surface area contributed by atoms with Gasteiger partial charge in [0.05, 0.1) is 6.04 Å². The maximum absolute atomic E-state index is 4.78. The van der Waals surface area contributed by atoms with Crippen molar-refractivity contribution in [2.75, 3.05) is 11.1 Å². The van der Waals surface area contributed by atoms with Crippen molar-refractivity contribution in [3.8, 4) is 0 Å². The molecular weight excluding hydrogens is 264 g/mol. The maximum atomic E-state index is 4.78. The van der Waals surface area contributed by atoms with Gasteiger partial charge in [-0.25, -0.2) is 0 Å². The highest BCUT2D eigenvalue weighted by atomic mass is 32.2. The van der Waals surface area contributed by atoms with Crippen LogP contribution in [-0.2, 0) is 6.42 Å². The fraction of sp³-hybridized carbons (Fsp3) is 0.235. The zero-order valence-electron chi connectivity index (χ0n) is 11.5. The van der Waals surface area contributed by atoms with E-state index < -0.39 is 0 Å². The van der Waals surface area contributed by atoms with E-state index in [0.29, 0.717) is 6.04 Å². The molecule has 2 nitrogen and oxygen atoms in total. The molecule has 0 amide bonds. The van der Waals surface area contributed by atoms with Crippen LogP contribution in [-0.4, -0.2) is 17.0 Å². The number of rotatable bonds is 3. The molecule has 1 atom stereocenters. The molecule has 1 N–H and O–H groups in total. The second-order valence-corrected chi connectivity index (χ2v) is 6.09. The quantitative estimate of drug-likeness (QED) is 0.915. The van der Waals surface area contributed by atoms with Crippen LogP contribution in [0.25, 0.3) is 0 Å². The summed E-state index contributed by atoms with van der Waals surface area (Å²) in [7, 11) is 0. The number of aliphatic imine (C=N–C) groups is 1. The van der Waals surface area contributed by atoms with Gasteiger partial charge in [-0.15, -0.1) is 0 Å². The van der Waals surface area contributed by atoms with Crippen LogP contribution in [0.5, 0.6) is 0 Å². The number of nitrogens with zero attached hydrogens (tertiary/aromatic N) is 1. The zero-order valence-corrected chi connectivity index (χ0v) is 12.4. The van der Waals surface area contributed by atoms with Crippen LogP contribution in [0.1, 0.15) is 11.1 Å². The average molecular weight is 282 g/mol. The SMILES string of the molecule is Cc1cccc(NC2=NC(Cc3ccccc3)CS2)c1. The number of amidine groups is 1. The van der Waals surface area contributed by atoms with Crippen LogP contribution < -0.4 is 5.32 Å². The molecule has 102 valence electrons. The Morgan fingerprint density at radius 3 is 2.80 bits per heavy atom.